The van der Waals surface area contributed by atoms with E-state index in [1.54, 1.807) is 19.1 Å². The molecule has 0 aromatic heterocycles. The normalized spacial score (nSPS) is 11.5. The summed E-state index contributed by atoms with van der Waals surface area (Å²) in [6.07, 6.45) is 0.142. The van der Waals surface area contributed by atoms with Gasteiger partial charge < -0.3 is 4.74 Å². The summed E-state index contributed by atoms with van der Waals surface area (Å²) < 4.78 is 5.55. The van der Waals surface area contributed by atoms with Gasteiger partial charge in [-0.05, 0) is 49.2 Å². The van der Waals surface area contributed by atoms with Crippen molar-refractivity contribution in [2.45, 2.75) is 26.4 Å². The van der Waals surface area contributed by atoms with E-state index in [9.17, 15) is 9.59 Å². The summed E-state index contributed by atoms with van der Waals surface area (Å²) in [6.45, 7) is 3.64. The molecule has 2 amide bonds. The van der Waals surface area contributed by atoms with Crippen LogP contribution < -0.4 is 15.6 Å². The second-order valence-electron chi connectivity index (χ2n) is 5.33. The van der Waals surface area contributed by atoms with Gasteiger partial charge in [0.15, 0.2) is 6.10 Å². The molecule has 2 rings (SSSR count). The van der Waals surface area contributed by atoms with Crippen molar-refractivity contribution >= 4 is 35.0 Å². The summed E-state index contributed by atoms with van der Waals surface area (Å²) in [5.74, 6) is -0.459. The van der Waals surface area contributed by atoms with E-state index in [1.807, 2.05) is 12.1 Å². The van der Waals surface area contributed by atoms with Gasteiger partial charge in [-0.15, -0.1) is 0 Å². The van der Waals surface area contributed by atoms with Crippen LogP contribution in [0.25, 0.3) is 0 Å². The molecule has 0 saturated carbocycles. The maximum absolute atomic E-state index is 12.0. The molecule has 0 spiro atoms. The minimum Gasteiger partial charge on any atom is -0.481 e. The first-order valence-corrected chi connectivity index (χ1v) is 8.47. The second kappa shape index (κ2) is 8.74. The Balaban J connectivity index is 1.88. The second-order valence-corrected chi connectivity index (χ2v) is 6.17. The molecule has 132 valence electrons. The number of benzene rings is 2. The Bertz CT molecular complexity index is 763. The molecule has 0 saturated heterocycles. The van der Waals surface area contributed by atoms with Gasteiger partial charge in [-0.25, -0.2) is 0 Å². The van der Waals surface area contributed by atoms with Crippen LogP contribution in [0.1, 0.15) is 29.8 Å². The Morgan fingerprint density at radius 2 is 1.76 bits per heavy atom. The van der Waals surface area contributed by atoms with Crippen LogP contribution in [0.3, 0.4) is 0 Å². The zero-order chi connectivity index (χ0) is 18.4. The van der Waals surface area contributed by atoms with Gasteiger partial charge in [0.05, 0.1) is 10.6 Å². The molecule has 0 aliphatic carbocycles. The fourth-order valence-electron chi connectivity index (χ4n) is 2.02. The molecule has 7 heteroatoms. The minimum absolute atomic E-state index is 0.194. The highest BCUT2D eigenvalue weighted by atomic mass is 35.5. The van der Waals surface area contributed by atoms with Crippen LogP contribution in [0.2, 0.25) is 10.0 Å². The van der Waals surface area contributed by atoms with E-state index in [2.05, 4.69) is 17.8 Å². The van der Waals surface area contributed by atoms with E-state index in [0.717, 1.165) is 6.42 Å². The summed E-state index contributed by atoms with van der Waals surface area (Å²) >= 11 is 11.7. The van der Waals surface area contributed by atoms with Gasteiger partial charge in [0.25, 0.3) is 11.8 Å². The first-order chi connectivity index (χ1) is 11.9. The Hall–Kier alpha value is -2.24. The lowest BCUT2D eigenvalue weighted by molar-refractivity contribution is -0.128. The van der Waals surface area contributed by atoms with E-state index in [1.165, 1.54) is 23.8 Å². The van der Waals surface area contributed by atoms with Crippen molar-refractivity contribution in [1.82, 2.24) is 10.9 Å². The van der Waals surface area contributed by atoms with Crippen LogP contribution in [0.4, 0.5) is 0 Å². The van der Waals surface area contributed by atoms with Crippen molar-refractivity contribution in [2.75, 3.05) is 0 Å². The van der Waals surface area contributed by atoms with Gasteiger partial charge in [-0.3, -0.25) is 20.4 Å². The molecule has 0 heterocycles. The smallest absolute Gasteiger partial charge is 0.279 e. The summed E-state index contributed by atoms with van der Waals surface area (Å²) in [7, 11) is 0. The number of hydrogen-bond acceptors (Lipinski definition) is 3. The summed E-state index contributed by atoms with van der Waals surface area (Å²) in [4.78, 5) is 24.1. The number of ether oxygens (including phenoxy) is 1. The van der Waals surface area contributed by atoms with Crippen molar-refractivity contribution in [3.05, 3.63) is 63.6 Å². The lowest BCUT2D eigenvalue weighted by atomic mass is 10.2. The molecular formula is C18H18Cl2N2O3. The van der Waals surface area contributed by atoms with E-state index >= 15 is 0 Å². The van der Waals surface area contributed by atoms with Gasteiger partial charge in [0.2, 0.25) is 0 Å². The fourth-order valence-corrected chi connectivity index (χ4v) is 2.52. The average Bonchev–Trinajstić information content (AvgIpc) is 2.60. The SMILES string of the molecule is CCc1ccc(OC(C)C(=O)NNC(=O)c2ccc(Cl)cc2Cl)cc1. The molecule has 5 nitrogen and oxygen atoms in total. The molecule has 0 bridgehead atoms. The molecule has 0 aliphatic heterocycles. The van der Waals surface area contributed by atoms with E-state index in [0.29, 0.717) is 10.8 Å². The highest BCUT2D eigenvalue weighted by molar-refractivity contribution is 6.36. The Morgan fingerprint density at radius 3 is 2.36 bits per heavy atom. The predicted molar refractivity (Wildman–Crippen MR) is 98.0 cm³/mol. The largest absolute Gasteiger partial charge is 0.481 e. The topological polar surface area (TPSA) is 67.4 Å². The number of rotatable bonds is 5. The molecule has 1 unspecified atom stereocenters. The van der Waals surface area contributed by atoms with Crippen LogP contribution in [-0.2, 0) is 11.2 Å². The summed E-state index contributed by atoms with van der Waals surface area (Å²) in [5.41, 5.74) is 5.99. The minimum atomic E-state index is -0.784. The predicted octanol–water partition coefficient (Wildman–Crippen LogP) is 3.78. The zero-order valence-corrected chi connectivity index (χ0v) is 15.3. The van der Waals surface area contributed by atoms with Crippen LogP contribution in [-0.4, -0.2) is 17.9 Å². The van der Waals surface area contributed by atoms with Crippen molar-refractivity contribution in [2.24, 2.45) is 0 Å². The lowest BCUT2D eigenvalue weighted by Gasteiger charge is -2.15. The van der Waals surface area contributed by atoms with Crippen molar-refractivity contribution in [3.63, 3.8) is 0 Å². The van der Waals surface area contributed by atoms with Gasteiger partial charge in [0.1, 0.15) is 5.75 Å². The molecule has 25 heavy (non-hydrogen) atoms. The van der Waals surface area contributed by atoms with Crippen LogP contribution >= 0.6 is 23.2 Å². The third-order valence-electron chi connectivity index (χ3n) is 3.49. The molecule has 0 aliphatic rings. The van der Waals surface area contributed by atoms with E-state index in [4.69, 9.17) is 27.9 Å². The van der Waals surface area contributed by atoms with Gasteiger partial charge in [0, 0.05) is 5.02 Å². The number of aryl methyl sites for hydroxylation is 1. The molecule has 1 atom stereocenters. The standard InChI is InChI=1S/C18H18Cl2N2O3/c1-3-12-4-7-14(8-5-12)25-11(2)17(23)21-22-18(24)15-9-6-13(19)10-16(15)20/h4-11H,3H2,1-2H3,(H,21,23)(H,22,24). The van der Waals surface area contributed by atoms with Crippen molar-refractivity contribution < 1.29 is 14.3 Å². The van der Waals surface area contributed by atoms with Gasteiger partial charge in [-0.2, -0.15) is 0 Å². The molecular weight excluding hydrogens is 363 g/mol. The fraction of sp³-hybridized carbons (Fsp3) is 0.222. The molecule has 0 radical (unpaired) electrons. The maximum atomic E-state index is 12.0. The number of halogens is 2. The third kappa shape index (κ3) is 5.37. The Morgan fingerprint density at radius 1 is 1.08 bits per heavy atom. The van der Waals surface area contributed by atoms with E-state index < -0.39 is 17.9 Å². The first-order valence-electron chi connectivity index (χ1n) is 7.71. The zero-order valence-electron chi connectivity index (χ0n) is 13.8. The number of hydrazine groups is 1. The number of carbonyl (C=O) groups is 2. The molecule has 0 fully saturated rings. The van der Waals surface area contributed by atoms with E-state index in [-0.39, 0.29) is 10.6 Å². The van der Waals surface area contributed by atoms with Crippen LogP contribution in [0.15, 0.2) is 42.5 Å². The Labute approximate surface area is 156 Å². The monoisotopic (exact) mass is 380 g/mol. The van der Waals surface area contributed by atoms with Gasteiger partial charge in [-0.1, -0.05) is 42.3 Å². The summed E-state index contributed by atoms with van der Waals surface area (Å²) in [6, 6.07) is 11.9. The van der Waals surface area contributed by atoms with Crippen LogP contribution in [0, 0.1) is 0 Å². The first kappa shape index (κ1) is 19.1. The van der Waals surface area contributed by atoms with Crippen molar-refractivity contribution in [3.8, 4) is 5.75 Å². The van der Waals surface area contributed by atoms with Crippen LogP contribution in [0.5, 0.6) is 5.75 Å². The summed E-state index contributed by atoms with van der Waals surface area (Å²) in [5, 5.41) is 0.612. The number of hydrogen-bond donors (Lipinski definition) is 2. The number of amides is 2. The maximum Gasteiger partial charge on any atom is 0.279 e. The number of carbonyl (C=O) groups excluding carboxylic acids is 2. The van der Waals surface area contributed by atoms with Crippen molar-refractivity contribution in [1.29, 1.82) is 0 Å². The molecule has 2 aromatic carbocycles. The highest BCUT2D eigenvalue weighted by Crippen LogP contribution is 2.20. The Kier molecular flexibility index (Phi) is 6.67. The van der Waals surface area contributed by atoms with Gasteiger partial charge >= 0.3 is 0 Å². The highest BCUT2D eigenvalue weighted by Gasteiger charge is 2.17. The third-order valence-corrected chi connectivity index (χ3v) is 4.04. The molecule has 2 N–H and O–H groups in total. The quantitative estimate of drug-likeness (QED) is 0.775. The molecule has 2 aromatic rings. The lowest BCUT2D eigenvalue weighted by Crippen LogP contribution is -2.47. The number of nitrogens with one attached hydrogen (secondary N) is 2. The average molecular weight is 381 g/mol.